The van der Waals surface area contributed by atoms with Crippen molar-refractivity contribution in [3.8, 4) is 0 Å². The van der Waals surface area contributed by atoms with Crippen molar-refractivity contribution < 1.29 is 14.4 Å². The fraction of sp³-hybridized carbons (Fsp3) is 0.850. The molecule has 0 aromatic heterocycles. The van der Waals surface area contributed by atoms with Crippen molar-refractivity contribution in [3.05, 3.63) is 0 Å². The van der Waals surface area contributed by atoms with Crippen molar-refractivity contribution >= 4 is 17.7 Å². The molecule has 3 aliphatic heterocycles. The van der Waals surface area contributed by atoms with E-state index in [1.54, 1.807) is 0 Å². The fourth-order valence-corrected chi connectivity index (χ4v) is 4.59. The lowest BCUT2D eigenvalue weighted by molar-refractivity contribution is -0.130. The molecule has 26 heavy (non-hydrogen) atoms. The van der Waals surface area contributed by atoms with Crippen molar-refractivity contribution in [3.63, 3.8) is 0 Å². The van der Waals surface area contributed by atoms with Crippen LogP contribution in [0.5, 0.6) is 0 Å². The maximum atomic E-state index is 12.2. The quantitative estimate of drug-likeness (QED) is 0.559. The Balaban J connectivity index is 1.41. The van der Waals surface area contributed by atoms with Crippen LogP contribution in [0.3, 0.4) is 0 Å². The van der Waals surface area contributed by atoms with Crippen LogP contribution in [0.25, 0.3) is 0 Å². The van der Waals surface area contributed by atoms with Gasteiger partial charge in [0, 0.05) is 58.0 Å². The van der Waals surface area contributed by atoms with Gasteiger partial charge < -0.3 is 14.7 Å². The van der Waals surface area contributed by atoms with Crippen molar-refractivity contribution in [2.24, 2.45) is 0 Å². The third kappa shape index (κ3) is 4.98. The molecule has 0 bridgehead atoms. The van der Waals surface area contributed by atoms with Gasteiger partial charge in [-0.3, -0.25) is 14.4 Å². The van der Waals surface area contributed by atoms with E-state index in [2.05, 4.69) is 4.90 Å². The van der Waals surface area contributed by atoms with Crippen LogP contribution in [0.4, 0.5) is 0 Å². The summed E-state index contributed by atoms with van der Waals surface area (Å²) in [5, 5.41) is 0. The fourth-order valence-electron chi connectivity index (χ4n) is 4.59. The summed E-state index contributed by atoms with van der Waals surface area (Å²) >= 11 is 0. The standard InChI is InChI=1S/C20H33N3O3/c24-18-9-4-14-21(18)12-2-1-7-17(23-16-6-11-20(23)26)8-3-13-22-15-5-10-19(22)25/h17H,1-16H2. The van der Waals surface area contributed by atoms with Gasteiger partial charge in [-0.15, -0.1) is 0 Å². The average molecular weight is 364 g/mol. The maximum Gasteiger partial charge on any atom is 0.222 e. The van der Waals surface area contributed by atoms with Gasteiger partial charge >= 0.3 is 0 Å². The zero-order valence-electron chi connectivity index (χ0n) is 16.0. The van der Waals surface area contributed by atoms with Crippen molar-refractivity contribution in [1.82, 2.24) is 14.7 Å². The highest BCUT2D eigenvalue weighted by molar-refractivity contribution is 5.79. The molecule has 0 aromatic carbocycles. The molecule has 3 saturated heterocycles. The van der Waals surface area contributed by atoms with E-state index in [0.29, 0.717) is 37.1 Å². The highest BCUT2D eigenvalue weighted by Gasteiger charge is 2.28. The molecule has 0 spiro atoms. The summed E-state index contributed by atoms with van der Waals surface area (Å²) in [7, 11) is 0. The first-order chi connectivity index (χ1) is 12.6. The van der Waals surface area contributed by atoms with Crippen LogP contribution in [0.1, 0.15) is 70.6 Å². The monoisotopic (exact) mass is 363 g/mol. The van der Waals surface area contributed by atoms with Gasteiger partial charge in [0.05, 0.1) is 0 Å². The Hall–Kier alpha value is -1.59. The third-order valence-electron chi connectivity index (χ3n) is 6.07. The topological polar surface area (TPSA) is 60.9 Å². The van der Waals surface area contributed by atoms with E-state index in [-0.39, 0.29) is 5.91 Å². The van der Waals surface area contributed by atoms with Gasteiger partial charge in [-0.1, -0.05) is 0 Å². The highest BCUT2D eigenvalue weighted by atomic mass is 16.2. The second-order valence-electron chi connectivity index (χ2n) is 7.95. The molecule has 3 heterocycles. The number of hydrogen-bond acceptors (Lipinski definition) is 3. The summed E-state index contributed by atoms with van der Waals surface area (Å²) in [4.78, 5) is 41.7. The van der Waals surface area contributed by atoms with Crippen LogP contribution >= 0.6 is 0 Å². The lowest BCUT2D eigenvalue weighted by Crippen LogP contribution is -2.37. The van der Waals surface area contributed by atoms with Crippen LogP contribution in [0.15, 0.2) is 0 Å². The summed E-state index contributed by atoms with van der Waals surface area (Å²) in [6.45, 7) is 4.39. The van der Waals surface area contributed by atoms with Gasteiger partial charge in [-0.25, -0.2) is 0 Å². The molecule has 6 heteroatoms. The Kier molecular flexibility index (Phi) is 6.92. The normalized spacial score (nSPS) is 22.2. The zero-order chi connectivity index (χ0) is 18.4. The molecule has 1 atom stereocenters. The van der Waals surface area contributed by atoms with Gasteiger partial charge in [-0.2, -0.15) is 0 Å². The maximum absolute atomic E-state index is 12.2. The van der Waals surface area contributed by atoms with Gasteiger partial charge in [0.25, 0.3) is 0 Å². The first kappa shape index (κ1) is 19.2. The third-order valence-corrected chi connectivity index (χ3v) is 6.07. The molecular weight excluding hydrogens is 330 g/mol. The lowest BCUT2D eigenvalue weighted by Gasteiger charge is -2.29. The molecule has 3 aliphatic rings. The average Bonchev–Trinajstić information content (AvgIpc) is 3.33. The molecule has 3 amide bonds. The van der Waals surface area contributed by atoms with Crippen LogP contribution < -0.4 is 0 Å². The largest absolute Gasteiger partial charge is 0.343 e. The first-order valence-corrected chi connectivity index (χ1v) is 10.5. The SMILES string of the molecule is O=C1CCCN1CCCCC(CCCN1CCCC1=O)N1CCCC1=O. The Morgan fingerprint density at radius 2 is 1.19 bits per heavy atom. The van der Waals surface area contributed by atoms with Crippen molar-refractivity contribution in [1.29, 1.82) is 0 Å². The Bertz CT molecular complexity index is 522. The molecule has 0 aromatic rings. The summed E-state index contributed by atoms with van der Waals surface area (Å²) in [6, 6.07) is 0.303. The Morgan fingerprint density at radius 1 is 0.654 bits per heavy atom. The number of amides is 3. The van der Waals surface area contributed by atoms with E-state index in [0.717, 1.165) is 84.1 Å². The number of likely N-dealkylation sites (tertiary alicyclic amines) is 3. The molecular formula is C20H33N3O3. The van der Waals surface area contributed by atoms with E-state index < -0.39 is 0 Å². The van der Waals surface area contributed by atoms with Crippen LogP contribution in [-0.2, 0) is 14.4 Å². The molecule has 0 radical (unpaired) electrons. The number of hydrogen-bond donors (Lipinski definition) is 0. The number of nitrogens with zero attached hydrogens (tertiary/aromatic N) is 3. The number of carbonyl (C=O) groups is 3. The van der Waals surface area contributed by atoms with E-state index in [1.807, 2.05) is 9.80 Å². The summed E-state index contributed by atoms with van der Waals surface area (Å²) in [6.07, 6.45) is 10.1. The molecule has 146 valence electrons. The van der Waals surface area contributed by atoms with Crippen LogP contribution in [0, 0.1) is 0 Å². The molecule has 1 unspecified atom stereocenters. The molecule has 0 N–H and O–H groups in total. The Labute approximate surface area is 156 Å². The van der Waals surface area contributed by atoms with Gasteiger partial charge in [0.2, 0.25) is 17.7 Å². The number of unbranched alkanes of at least 4 members (excludes halogenated alkanes) is 1. The number of rotatable bonds is 10. The first-order valence-electron chi connectivity index (χ1n) is 10.5. The minimum atomic E-state index is 0.286. The lowest BCUT2D eigenvalue weighted by atomic mass is 10.0. The summed E-state index contributed by atoms with van der Waals surface area (Å²) in [5.41, 5.74) is 0. The van der Waals surface area contributed by atoms with Crippen molar-refractivity contribution in [2.45, 2.75) is 76.7 Å². The predicted molar refractivity (Wildman–Crippen MR) is 99.4 cm³/mol. The second-order valence-corrected chi connectivity index (χ2v) is 7.95. The second kappa shape index (κ2) is 9.38. The molecule has 6 nitrogen and oxygen atoms in total. The molecule has 3 fully saturated rings. The number of carbonyl (C=O) groups excluding carboxylic acids is 3. The summed E-state index contributed by atoms with van der Waals surface area (Å²) < 4.78 is 0. The zero-order valence-corrected chi connectivity index (χ0v) is 16.0. The smallest absolute Gasteiger partial charge is 0.222 e. The summed E-state index contributed by atoms with van der Waals surface area (Å²) in [5.74, 6) is 0.877. The van der Waals surface area contributed by atoms with Gasteiger partial charge in [0.15, 0.2) is 0 Å². The highest BCUT2D eigenvalue weighted by Crippen LogP contribution is 2.22. The van der Waals surface area contributed by atoms with E-state index in [4.69, 9.17) is 0 Å². The van der Waals surface area contributed by atoms with Crippen molar-refractivity contribution in [2.75, 3.05) is 32.7 Å². The minimum Gasteiger partial charge on any atom is -0.343 e. The van der Waals surface area contributed by atoms with Gasteiger partial charge in [-0.05, 0) is 51.4 Å². The van der Waals surface area contributed by atoms with Crippen LogP contribution in [-0.4, -0.2) is 71.2 Å². The van der Waals surface area contributed by atoms with Crippen LogP contribution in [0.2, 0.25) is 0 Å². The molecule has 3 rings (SSSR count). The molecule has 0 saturated carbocycles. The minimum absolute atomic E-state index is 0.286. The Morgan fingerprint density at radius 3 is 1.73 bits per heavy atom. The van der Waals surface area contributed by atoms with E-state index in [9.17, 15) is 14.4 Å². The van der Waals surface area contributed by atoms with E-state index >= 15 is 0 Å². The van der Waals surface area contributed by atoms with Gasteiger partial charge in [0.1, 0.15) is 0 Å². The van der Waals surface area contributed by atoms with E-state index in [1.165, 1.54) is 0 Å². The predicted octanol–water partition coefficient (Wildman–Crippen LogP) is 2.17. The molecule has 0 aliphatic carbocycles.